The first-order valence-electron chi connectivity index (χ1n) is 11.9. The van der Waals surface area contributed by atoms with Gasteiger partial charge in [0.2, 0.25) is 0 Å². The number of hydrogen-bond acceptors (Lipinski definition) is 5. The van der Waals surface area contributed by atoms with Gasteiger partial charge in [0.25, 0.3) is 0 Å². The number of likely N-dealkylation sites (tertiary alicyclic amines) is 1. The second kappa shape index (κ2) is 10.8. The second-order valence-corrected chi connectivity index (χ2v) is 9.79. The maximum Gasteiger partial charge on any atom is 0.317 e. The van der Waals surface area contributed by atoms with Gasteiger partial charge in [-0.15, -0.1) is 0 Å². The molecule has 0 aliphatic carbocycles. The van der Waals surface area contributed by atoms with Crippen LogP contribution in [0.3, 0.4) is 0 Å². The highest BCUT2D eigenvalue weighted by Crippen LogP contribution is 2.28. The number of nitrogens with one attached hydrogen (secondary N) is 1. The molecule has 0 spiro atoms. The molecule has 2 fully saturated rings. The summed E-state index contributed by atoms with van der Waals surface area (Å²) in [5.74, 6) is 1.53. The van der Waals surface area contributed by atoms with Gasteiger partial charge in [0.05, 0.1) is 6.54 Å². The lowest BCUT2D eigenvalue weighted by molar-refractivity contribution is -0.0621. The Morgan fingerprint density at radius 1 is 1.09 bits per heavy atom. The van der Waals surface area contributed by atoms with Crippen LogP contribution in [0.1, 0.15) is 29.5 Å². The van der Waals surface area contributed by atoms with Gasteiger partial charge < -0.3 is 24.8 Å². The number of carbonyl (C=O) groups is 1. The van der Waals surface area contributed by atoms with E-state index in [1.54, 1.807) is 4.90 Å². The van der Waals surface area contributed by atoms with Crippen molar-refractivity contribution in [2.75, 3.05) is 45.9 Å². The summed E-state index contributed by atoms with van der Waals surface area (Å²) in [6.07, 6.45) is 1.64. The summed E-state index contributed by atoms with van der Waals surface area (Å²) in [5.41, 5.74) is 2.23. The van der Waals surface area contributed by atoms with E-state index >= 15 is 0 Å². The smallest absolute Gasteiger partial charge is 0.317 e. The van der Waals surface area contributed by atoms with Crippen LogP contribution in [0.15, 0.2) is 36.4 Å². The van der Waals surface area contributed by atoms with E-state index in [-0.39, 0.29) is 12.6 Å². The largest absolute Gasteiger partial charge is 0.492 e. The van der Waals surface area contributed by atoms with Gasteiger partial charge in [0, 0.05) is 31.2 Å². The minimum Gasteiger partial charge on any atom is -0.492 e. The van der Waals surface area contributed by atoms with Gasteiger partial charge in [-0.25, -0.2) is 4.79 Å². The predicted molar refractivity (Wildman–Crippen MR) is 133 cm³/mol. The molecule has 184 valence electrons. The number of carbonyl (C=O) groups excluding carboxylic acids is 1. The maximum absolute atomic E-state index is 11.6. The van der Waals surface area contributed by atoms with Gasteiger partial charge in [0.15, 0.2) is 0 Å². The molecule has 2 N–H and O–H groups in total. The monoisotopic (exact) mass is 487 g/mol. The van der Waals surface area contributed by atoms with E-state index in [1.165, 1.54) is 5.56 Å². The molecule has 2 aromatic carbocycles. The Balaban J connectivity index is 1.25. The Bertz CT molecular complexity index is 977. The minimum absolute atomic E-state index is 0.0239. The third-order valence-electron chi connectivity index (χ3n) is 6.46. The number of aliphatic hydroxyl groups is 1. The number of β-amino-alcohol motifs (C(OH)–C–C–N with tert-alkyl or cyclic N) is 1. The molecular weight excluding hydrogens is 454 g/mol. The molecule has 0 unspecified atom stereocenters. The molecule has 2 aliphatic heterocycles. The first-order chi connectivity index (χ1) is 16.3. The molecule has 2 heterocycles. The summed E-state index contributed by atoms with van der Waals surface area (Å²) < 4.78 is 11.8. The Morgan fingerprint density at radius 2 is 1.82 bits per heavy atom. The number of piperidine rings is 1. The number of rotatable bonds is 9. The lowest BCUT2D eigenvalue weighted by atomic mass is 9.93. The van der Waals surface area contributed by atoms with Crippen molar-refractivity contribution in [3.8, 4) is 11.5 Å². The number of ether oxygens (including phenoxy) is 2. The van der Waals surface area contributed by atoms with Gasteiger partial charge in [-0.05, 0) is 74.2 Å². The van der Waals surface area contributed by atoms with E-state index in [1.807, 2.05) is 38.1 Å². The summed E-state index contributed by atoms with van der Waals surface area (Å²) in [5, 5.41) is 14.7. The third-order valence-corrected chi connectivity index (χ3v) is 7.05. The quantitative estimate of drug-likeness (QED) is 0.563. The number of aryl methyl sites for hydroxylation is 2. The summed E-state index contributed by atoms with van der Waals surface area (Å²) in [4.78, 5) is 15.6. The maximum atomic E-state index is 11.6. The average molecular weight is 488 g/mol. The highest BCUT2D eigenvalue weighted by atomic mass is 35.5. The van der Waals surface area contributed by atoms with Crippen molar-refractivity contribution in [3.05, 3.63) is 58.1 Å². The molecule has 2 aromatic rings. The van der Waals surface area contributed by atoms with Crippen LogP contribution in [-0.2, 0) is 6.54 Å². The molecule has 0 radical (unpaired) electrons. The molecular formula is C26H34ClN3O4. The molecule has 34 heavy (non-hydrogen) atoms. The topological polar surface area (TPSA) is 74.3 Å². The van der Waals surface area contributed by atoms with Crippen LogP contribution < -0.4 is 14.8 Å². The van der Waals surface area contributed by atoms with Crippen LogP contribution in [0.5, 0.6) is 11.5 Å². The summed E-state index contributed by atoms with van der Waals surface area (Å²) >= 11 is 6.25. The molecule has 4 rings (SSSR count). The normalized spacial score (nSPS) is 20.9. The van der Waals surface area contributed by atoms with E-state index < -0.39 is 5.60 Å². The molecule has 8 heteroatoms. The Labute approximate surface area is 206 Å². The van der Waals surface area contributed by atoms with E-state index in [2.05, 4.69) is 22.3 Å². The van der Waals surface area contributed by atoms with Gasteiger partial charge >= 0.3 is 6.03 Å². The van der Waals surface area contributed by atoms with Gasteiger partial charge in [-0.3, -0.25) is 4.90 Å². The van der Waals surface area contributed by atoms with Crippen LogP contribution >= 0.6 is 11.6 Å². The van der Waals surface area contributed by atoms with Crippen LogP contribution in [0.2, 0.25) is 5.02 Å². The molecule has 1 atom stereocenters. The molecule has 2 aliphatic rings. The second-order valence-electron chi connectivity index (χ2n) is 9.41. The number of amides is 2. The molecule has 0 aromatic heterocycles. The summed E-state index contributed by atoms with van der Waals surface area (Å²) in [7, 11) is 0. The standard InChI is InChI=1S/C26H34ClN3O4/c1-19-14-23(15-20(2)24(19)27)34-18-26(32)8-3-10-29(17-26)16-21-4-6-22(7-5-21)33-13-12-30-11-9-28-25(30)31/h4-7,14-15,32H,3,8-13,16-18H2,1-2H3,(H,28,31)/t26-/m0/s1. The van der Waals surface area contributed by atoms with Crippen molar-refractivity contribution in [1.29, 1.82) is 0 Å². The average Bonchev–Trinajstić information content (AvgIpc) is 3.22. The summed E-state index contributed by atoms with van der Waals surface area (Å²) in [6, 6.07) is 11.9. The van der Waals surface area contributed by atoms with Crippen molar-refractivity contribution >= 4 is 17.6 Å². The number of benzene rings is 2. The number of nitrogens with zero attached hydrogens (tertiary/aromatic N) is 2. The SMILES string of the molecule is Cc1cc(OC[C@]2(O)CCCN(Cc3ccc(OCCN4CCNC4=O)cc3)C2)cc(C)c1Cl. The van der Waals surface area contributed by atoms with Gasteiger partial charge in [0.1, 0.15) is 30.3 Å². The fraction of sp³-hybridized carbons (Fsp3) is 0.500. The van der Waals surface area contributed by atoms with Crippen LogP contribution in [-0.4, -0.2) is 72.5 Å². The van der Waals surface area contributed by atoms with Crippen molar-refractivity contribution in [3.63, 3.8) is 0 Å². The van der Waals surface area contributed by atoms with E-state index in [4.69, 9.17) is 21.1 Å². The lowest BCUT2D eigenvalue weighted by Gasteiger charge is -2.39. The zero-order valence-corrected chi connectivity index (χ0v) is 20.7. The van der Waals surface area contributed by atoms with Crippen molar-refractivity contribution in [2.24, 2.45) is 0 Å². The van der Waals surface area contributed by atoms with Crippen molar-refractivity contribution in [1.82, 2.24) is 15.1 Å². The Kier molecular flexibility index (Phi) is 7.86. The molecule has 2 saturated heterocycles. The van der Waals surface area contributed by atoms with Crippen molar-refractivity contribution < 1.29 is 19.4 Å². The molecule has 0 bridgehead atoms. The Hall–Kier alpha value is -2.48. The summed E-state index contributed by atoms with van der Waals surface area (Å²) in [6.45, 7) is 8.92. The fourth-order valence-electron chi connectivity index (χ4n) is 4.61. The van der Waals surface area contributed by atoms with E-state index in [9.17, 15) is 9.90 Å². The van der Waals surface area contributed by atoms with E-state index in [0.717, 1.165) is 60.1 Å². The van der Waals surface area contributed by atoms with Crippen LogP contribution in [0, 0.1) is 13.8 Å². The highest BCUT2D eigenvalue weighted by Gasteiger charge is 2.34. The van der Waals surface area contributed by atoms with E-state index in [0.29, 0.717) is 26.2 Å². The minimum atomic E-state index is -0.884. The van der Waals surface area contributed by atoms with Gasteiger partial charge in [-0.1, -0.05) is 23.7 Å². The molecule has 7 nitrogen and oxygen atoms in total. The third kappa shape index (κ3) is 6.34. The number of hydrogen-bond donors (Lipinski definition) is 2. The van der Waals surface area contributed by atoms with Crippen LogP contribution in [0.4, 0.5) is 4.79 Å². The number of urea groups is 1. The first-order valence-corrected chi connectivity index (χ1v) is 12.3. The van der Waals surface area contributed by atoms with Crippen molar-refractivity contribution in [2.45, 2.75) is 38.8 Å². The lowest BCUT2D eigenvalue weighted by Crippen LogP contribution is -2.51. The number of halogens is 1. The predicted octanol–water partition coefficient (Wildman–Crippen LogP) is 3.77. The highest BCUT2D eigenvalue weighted by molar-refractivity contribution is 6.32. The Morgan fingerprint density at radius 3 is 2.50 bits per heavy atom. The molecule has 0 saturated carbocycles. The zero-order valence-electron chi connectivity index (χ0n) is 20.0. The molecule has 2 amide bonds. The first kappa shape index (κ1) is 24.6. The van der Waals surface area contributed by atoms with Gasteiger partial charge in [-0.2, -0.15) is 0 Å². The zero-order chi connectivity index (χ0) is 24.1. The van der Waals surface area contributed by atoms with Crippen LogP contribution in [0.25, 0.3) is 0 Å². The fourth-order valence-corrected chi connectivity index (χ4v) is 4.72.